The Morgan fingerprint density at radius 3 is 2.55 bits per heavy atom. The van der Waals surface area contributed by atoms with E-state index in [4.69, 9.17) is 9.47 Å². The van der Waals surface area contributed by atoms with Gasteiger partial charge in [-0.3, -0.25) is 14.5 Å². The first kappa shape index (κ1) is 27.4. The van der Waals surface area contributed by atoms with Gasteiger partial charge in [-0.15, -0.1) is 0 Å². The van der Waals surface area contributed by atoms with Crippen molar-refractivity contribution in [1.29, 1.82) is 0 Å². The lowest BCUT2D eigenvalue weighted by molar-refractivity contribution is -0.235. The van der Waals surface area contributed by atoms with Crippen molar-refractivity contribution in [3.8, 4) is 0 Å². The zero-order chi connectivity index (χ0) is 27.9. The molecule has 9 atom stereocenters. The molecule has 6 fully saturated rings. The molecule has 0 amide bonds. The fraction of sp³-hybridized carbons (Fsp3) is 0.818. The van der Waals surface area contributed by atoms with Crippen molar-refractivity contribution in [2.45, 2.75) is 121 Å². The van der Waals surface area contributed by atoms with Crippen molar-refractivity contribution in [2.24, 2.45) is 28.6 Å². The second-order valence-electron chi connectivity index (χ2n) is 14.5. The van der Waals surface area contributed by atoms with Crippen LogP contribution in [0.4, 0.5) is 4.39 Å². The first-order valence-electron chi connectivity index (χ1n) is 16.0. The van der Waals surface area contributed by atoms with Gasteiger partial charge in [-0.05, 0) is 89.4 Å². The quantitative estimate of drug-likeness (QED) is 0.521. The molecular formula is C33H46FNO5. The molecule has 2 heterocycles. The Morgan fingerprint density at radius 1 is 1.07 bits per heavy atom. The average molecular weight is 556 g/mol. The Hall–Kier alpha value is -1.41. The molecule has 7 heteroatoms. The first-order chi connectivity index (χ1) is 19.1. The number of aliphatic hydroxyl groups excluding tert-OH is 1. The standard InChI is InChI=1S/C33H46FNO5/c1-30-14-13-23(36)17-22(30)11-12-24-25-18-28-33(27(38)20-35-15-7-4-8-16-35,31(25,2)19-26(37)32(24,30)34)40-29(39-28)21-9-5-3-6-10-21/h13-14,17,21,24-26,28-29,37H,3-12,15-16,18-20H2,1-2H3/t24-,25-,26-,28+,29+,30-,31-,32-,33+/m0/s1. The SMILES string of the molecule is C[C@]12C=CC(=O)C=C1CC[C@H]1[C@@H]3C[C@H]4O[C@@H](C5CCCCC5)O[C@@]4(C(=O)CN4CCCCC4)[C@@]3(C)C[C@H](O)[C@@]12F. The Morgan fingerprint density at radius 2 is 1.80 bits per heavy atom. The van der Waals surface area contributed by atoms with Gasteiger partial charge in [0.05, 0.1) is 18.8 Å². The van der Waals surface area contributed by atoms with E-state index >= 15 is 4.39 Å². The number of allylic oxidation sites excluding steroid dienone is 4. The summed E-state index contributed by atoms with van der Waals surface area (Å²) in [4.78, 5) is 29.0. The van der Waals surface area contributed by atoms with Gasteiger partial charge in [0.1, 0.15) is 0 Å². The van der Waals surface area contributed by atoms with Crippen molar-refractivity contribution in [2.75, 3.05) is 19.6 Å². The lowest BCUT2D eigenvalue weighted by Gasteiger charge is -2.62. The van der Waals surface area contributed by atoms with E-state index in [-0.39, 0.29) is 29.8 Å². The number of rotatable bonds is 4. The summed E-state index contributed by atoms with van der Waals surface area (Å²) in [6, 6.07) is 0. The molecule has 0 aromatic carbocycles. The fourth-order valence-corrected chi connectivity index (χ4v) is 10.5. The van der Waals surface area contributed by atoms with Gasteiger partial charge in [0.15, 0.2) is 29.1 Å². The molecule has 5 aliphatic carbocycles. The van der Waals surface area contributed by atoms with Gasteiger partial charge in [-0.2, -0.15) is 0 Å². The van der Waals surface area contributed by atoms with E-state index in [9.17, 15) is 14.7 Å². The highest BCUT2D eigenvalue weighted by atomic mass is 19.1. The smallest absolute Gasteiger partial charge is 0.181 e. The number of ketones is 2. The van der Waals surface area contributed by atoms with Crippen LogP contribution in [0, 0.1) is 28.6 Å². The number of carbonyl (C=O) groups excluding carboxylic acids is 2. The van der Waals surface area contributed by atoms with E-state index in [1.165, 1.54) is 18.9 Å². The fourth-order valence-electron chi connectivity index (χ4n) is 10.5. The van der Waals surface area contributed by atoms with Gasteiger partial charge in [-0.25, -0.2) is 4.39 Å². The third-order valence-corrected chi connectivity index (χ3v) is 12.7. The second-order valence-corrected chi connectivity index (χ2v) is 14.5. The van der Waals surface area contributed by atoms with Gasteiger partial charge in [-0.1, -0.05) is 44.3 Å². The van der Waals surface area contributed by atoms with Gasteiger partial charge < -0.3 is 14.6 Å². The van der Waals surface area contributed by atoms with Crippen LogP contribution in [0.15, 0.2) is 23.8 Å². The van der Waals surface area contributed by atoms with Crippen LogP contribution >= 0.6 is 0 Å². The predicted octanol–water partition coefficient (Wildman–Crippen LogP) is 5.08. The van der Waals surface area contributed by atoms with E-state index in [2.05, 4.69) is 11.8 Å². The van der Waals surface area contributed by atoms with Crippen LogP contribution in [-0.2, 0) is 19.1 Å². The highest BCUT2D eigenvalue weighted by Gasteiger charge is 2.79. The van der Waals surface area contributed by atoms with Crippen molar-refractivity contribution < 1.29 is 28.6 Å². The minimum absolute atomic E-state index is 0.0621. The largest absolute Gasteiger partial charge is 0.390 e. The number of aliphatic hydroxyl groups is 1. The lowest BCUT2D eigenvalue weighted by Crippen LogP contribution is -2.70. The molecule has 0 aromatic heterocycles. The third-order valence-electron chi connectivity index (χ3n) is 12.7. The monoisotopic (exact) mass is 555 g/mol. The molecule has 40 heavy (non-hydrogen) atoms. The first-order valence-corrected chi connectivity index (χ1v) is 16.0. The molecule has 7 aliphatic rings. The van der Waals surface area contributed by atoms with Crippen molar-refractivity contribution in [1.82, 2.24) is 4.90 Å². The molecule has 0 aromatic rings. The number of alkyl halides is 1. The van der Waals surface area contributed by atoms with Gasteiger partial charge in [0, 0.05) is 22.7 Å². The van der Waals surface area contributed by atoms with Crippen LogP contribution < -0.4 is 0 Å². The van der Waals surface area contributed by atoms with Crippen molar-refractivity contribution >= 4 is 11.6 Å². The highest BCUT2D eigenvalue weighted by molar-refractivity contribution is 6.01. The van der Waals surface area contributed by atoms with Crippen LogP contribution in [-0.4, -0.2) is 71.0 Å². The zero-order valence-corrected chi connectivity index (χ0v) is 24.2. The van der Waals surface area contributed by atoms with E-state index in [1.54, 1.807) is 12.2 Å². The molecule has 0 radical (unpaired) electrons. The molecule has 0 spiro atoms. The van der Waals surface area contributed by atoms with Crippen molar-refractivity contribution in [3.63, 3.8) is 0 Å². The normalized spacial score (nSPS) is 49.1. The predicted molar refractivity (Wildman–Crippen MR) is 148 cm³/mol. The van der Waals surface area contributed by atoms with E-state index in [0.29, 0.717) is 25.8 Å². The molecule has 4 saturated carbocycles. The highest BCUT2D eigenvalue weighted by Crippen LogP contribution is 2.72. The number of hydrogen-bond donors (Lipinski definition) is 1. The number of ether oxygens (including phenoxy) is 2. The Bertz CT molecular complexity index is 1130. The van der Waals surface area contributed by atoms with E-state index in [1.807, 2.05) is 6.92 Å². The molecule has 0 bridgehead atoms. The summed E-state index contributed by atoms with van der Waals surface area (Å²) >= 11 is 0. The maximum Gasteiger partial charge on any atom is 0.181 e. The summed E-state index contributed by atoms with van der Waals surface area (Å²) in [5.41, 5.74) is -4.09. The maximum absolute atomic E-state index is 17.7. The molecule has 7 rings (SSSR count). The number of fused-ring (bicyclic) bond motifs is 7. The molecule has 220 valence electrons. The number of piperidine rings is 1. The number of Topliss-reactive ketones (excluding diaryl/α,β-unsaturated/α-hetero) is 1. The van der Waals surface area contributed by atoms with Gasteiger partial charge in [0.2, 0.25) is 0 Å². The Labute approximate surface area is 237 Å². The molecule has 0 unspecified atom stereocenters. The minimum atomic E-state index is -1.92. The second kappa shape index (κ2) is 9.55. The maximum atomic E-state index is 17.7. The number of carbonyl (C=O) groups is 2. The van der Waals surface area contributed by atoms with Gasteiger partial charge >= 0.3 is 0 Å². The van der Waals surface area contributed by atoms with Crippen LogP contribution in [0.5, 0.6) is 0 Å². The number of halogens is 1. The molecule has 1 N–H and O–H groups in total. The topological polar surface area (TPSA) is 76.1 Å². The average Bonchev–Trinajstić information content (AvgIpc) is 3.45. The zero-order valence-electron chi connectivity index (χ0n) is 24.2. The number of likely N-dealkylation sites (tertiary alicyclic amines) is 1. The molecule has 2 aliphatic heterocycles. The Kier molecular flexibility index (Phi) is 6.55. The summed E-state index contributed by atoms with van der Waals surface area (Å²) < 4.78 is 31.4. The van der Waals surface area contributed by atoms with Crippen LogP contribution in [0.25, 0.3) is 0 Å². The lowest BCUT2D eigenvalue weighted by atomic mass is 9.44. The number of hydrogen-bond acceptors (Lipinski definition) is 6. The molecule has 6 nitrogen and oxygen atoms in total. The summed E-state index contributed by atoms with van der Waals surface area (Å²) in [5.74, 6) is -0.384. The summed E-state index contributed by atoms with van der Waals surface area (Å²) in [6.07, 6.45) is 13.5. The Balaban J connectivity index is 1.27. The summed E-state index contributed by atoms with van der Waals surface area (Å²) in [7, 11) is 0. The van der Waals surface area contributed by atoms with E-state index < -0.39 is 46.5 Å². The van der Waals surface area contributed by atoms with E-state index in [0.717, 1.165) is 57.2 Å². The molecular weight excluding hydrogens is 509 g/mol. The van der Waals surface area contributed by atoms with Crippen LogP contribution in [0.2, 0.25) is 0 Å². The third kappa shape index (κ3) is 3.59. The van der Waals surface area contributed by atoms with Crippen LogP contribution in [0.3, 0.4) is 0 Å². The molecule has 2 saturated heterocycles. The summed E-state index contributed by atoms with van der Waals surface area (Å²) in [5, 5.41) is 11.9. The summed E-state index contributed by atoms with van der Waals surface area (Å²) in [6.45, 7) is 6.10. The minimum Gasteiger partial charge on any atom is -0.390 e. The number of nitrogens with zero attached hydrogens (tertiary/aromatic N) is 1. The van der Waals surface area contributed by atoms with Crippen LogP contribution in [0.1, 0.15) is 90.9 Å². The van der Waals surface area contributed by atoms with Gasteiger partial charge in [0.25, 0.3) is 0 Å². The van der Waals surface area contributed by atoms with Crippen molar-refractivity contribution in [3.05, 3.63) is 23.8 Å².